The Kier molecular flexibility index (Phi) is 17.9. The smallest absolute Gasteiger partial charge is 0.407 e. The average molecular weight is 654 g/mol. The van der Waals surface area contributed by atoms with E-state index in [2.05, 4.69) is 35.0 Å². The highest BCUT2D eigenvalue weighted by atomic mass is 16.5. The van der Waals surface area contributed by atoms with Crippen LogP contribution >= 0.6 is 0 Å². The van der Waals surface area contributed by atoms with Gasteiger partial charge in [-0.25, -0.2) is 4.79 Å². The third kappa shape index (κ3) is 14.8. The Balaban J connectivity index is 0.000000776. The van der Waals surface area contributed by atoms with E-state index in [4.69, 9.17) is 9.47 Å². The lowest BCUT2D eigenvalue weighted by Crippen LogP contribution is -2.51. The van der Waals surface area contributed by atoms with Crippen molar-refractivity contribution in [2.24, 2.45) is 0 Å². The van der Waals surface area contributed by atoms with Crippen molar-refractivity contribution in [1.82, 2.24) is 16.0 Å². The van der Waals surface area contributed by atoms with Gasteiger partial charge in [0, 0.05) is 13.0 Å². The molecule has 0 bridgehead atoms. The number of Topliss-reactive ketones (excluding diaryl/α,β-unsaturated/α-hetero) is 1. The fourth-order valence-corrected chi connectivity index (χ4v) is 4.36. The summed E-state index contributed by atoms with van der Waals surface area (Å²) in [5.41, 5.74) is 5.01. The highest BCUT2D eigenvalue weighted by Gasteiger charge is 2.27. The molecule has 0 heterocycles. The summed E-state index contributed by atoms with van der Waals surface area (Å²) in [5.74, 6) is -1.57. The first-order chi connectivity index (χ1) is 23.2. The van der Waals surface area contributed by atoms with E-state index in [0.717, 1.165) is 22.3 Å². The molecule has 9 heteroatoms. The number of carbonyl (C=O) groups excluding carboxylic acids is 4. The van der Waals surface area contributed by atoms with Gasteiger partial charge in [-0.05, 0) is 54.7 Å². The molecule has 0 aliphatic rings. The average Bonchev–Trinajstić information content (AvgIpc) is 3.12. The largest absolute Gasteiger partial charge is 0.497 e. The van der Waals surface area contributed by atoms with Crippen molar-refractivity contribution in [3.8, 4) is 5.75 Å². The fraction of sp³-hybridized carbons (Fsp3) is 0.282. The van der Waals surface area contributed by atoms with Crippen LogP contribution in [0.5, 0.6) is 5.75 Å². The van der Waals surface area contributed by atoms with Gasteiger partial charge in [0.2, 0.25) is 11.7 Å². The van der Waals surface area contributed by atoms with Crippen molar-refractivity contribution >= 4 is 23.7 Å². The van der Waals surface area contributed by atoms with Gasteiger partial charge in [-0.3, -0.25) is 14.4 Å². The van der Waals surface area contributed by atoms with Crippen LogP contribution < -0.4 is 20.7 Å². The molecule has 0 aliphatic heterocycles. The van der Waals surface area contributed by atoms with E-state index in [1.807, 2.05) is 81.4 Å². The predicted molar refractivity (Wildman–Crippen MR) is 189 cm³/mol. The van der Waals surface area contributed by atoms with Crippen LogP contribution in [0.4, 0.5) is 4.79 Å². The van der Waals surface area contributed by atoms with Crippen LogP contribution in [0.3, 0.4) is 0 Å². The quantitative estimate of drug-likeness (QED) is 0.154. The van der Waals surface area contributed by atoms with Crippen molar-refractivity contribution < 1.29 is 28.7 Å². The summed E-state index contributed by atoms with van der Waals surface area (Å²) in [6.07, 6.45) is -0.130. The minimum Gasteiger partial charge on any atom is -0.497 e. The molecule has 1 atom stereocenters. The van der Waals surface area contributed by atoms with E-state index in [0.29, 0.717) is 12.2 Å². The van der Waals surface area contributed by atoms with E-state index >= 15 is 0 Å². The van der Waals surface area contributed by atoms with Gasteiger partial charge in [-0.1, -0.05) is 116 Å². The second-order valence-corrected chi connectivity index (χ2v) is 10.5. The molecule has 4 rings (SSSR count). The molecule has 1 unspecified atom stereocenters. The number of hydrogen-bond donors (Lipinski definition) is 3. The van der Waals surface area contributed by atoms with E-state index in [1.165, 1.54) is 5.56 Å². The monoisotopic (exact) mass is 653 g/mol. The number of ether oxygens (including phenoxy) is 2. The van der Waals surface area contributed by atoms with Gasteiger partial charge in [-0.15, -0.1) is 0 Å². The SMILES string of the molecule is CC.COc1ccc(CC(NC(=O)CNC(=O)OCc2ccccc2)C(=O)C(=O)NCCc2ccccc2C)cc1.Cc1ccccc1. The normalized spacial score (nSPS) is 10.4. The Bertz CT molecular complexity index is 1540. The zero-order valence-electron chi connectivity index (χ0n) is 28.5. The number of rotatable bonds is 13. The molecule has 0 fully saturated rings. The summed E-state index contributed by atoms with van der Waals surface area (Å²) < 4.78 is 10.3. The number of benzene rings is 4. The van der Waals surface area contributed by atoms with Gasteiger partial charge in [0.15, 0.2) is 0 Å². The second kappa shape index (κ2) is 22.1. The van der Waals surface area contributed by atoms with E-state index in [-0.39, 0.29) is 19.6 Å². The molecule has 9 nitrogen and oxygen atoms in total. The molecule has 0 saturated carbocycles. The summed E-state index contributed by atoms with van der Waals surface area (Å²) >= 11 is 0. The fourth-order valence-electron chi connectivity index (χ4n) is 4.36. The van der Waals surface area contributed by atoms with Gasteiger partial charge in [0.1, 0.15) is 24.9 Å². The number of amides is 3. The maximum atomic E-state index is 13.0. The summed E-state index contributed by atoms with van der Waals surface area (Å²) in [5, 5.41) is 7.58. The first kappa shape index (κ1) is 38.7. The second-order valence-electron chi connectivity index (χ2n) is 10.5. The van der Waals surface area contributed by atoms with Crippen LogP contribution in [0, 0.1) is 13.8 Å². The van der Waals surface area contributed by atoms with Crippen molar-refractivity contribution in [2.45, 2.75) is 53.2 Å². The van der Waals surface area contributed by atoms with Crippen LogP contribution in [0.25, 0.3) is 0 Å². The molecule has 254 valence electrons. The molecule has 0 aliphatic carbocycles. The first-order valence-corrected chi connectivity index (χ1v) is 16.0. The lowest BCUT2D eigenvalue weighted by atomic mass is 10.0. The van der Waals surface area contributed by atoms with Crippen LogP contribution in [0.15, 0.2) is 109 Å². The molecule has 0 saturated heterocycles. The molecular formula is C39H47N3O6. The minimum atomic E-state index is -1.13. The summed E-state index contributed by atoms with van der Waals surface area (Å²) in [6, 6.07) is 33.0. The molecule has 0 aromatic heterocycles. The van der Waals surface area contributed by atoms with Crippen LogP contribution in [0.2, 0.25) is 0 Å². The number of methoxy groups -OCH3 is 1. The van der Waals surface area contributed by atoms with Gasteiger partial charge in [0.05, 0.1) is 7.11 Å². The Morgan fingerprint density at radius 1 is 0.708 bits per heavy atom. The molecule has 3 N–H and O–H groups in total. The number of alkyl carbamates (subject to hydrolysis) is 1. The third-order valence-electron chi connectivity index (χ3n) is 6.96. The summed E-state index contributed by atoms with van der Waals surface area (Å²) in [6.45, 7) is 7.96. The molecule has 0 radical (unpaired) electrons. The highest BCUT2D eigenvalue weighted by Crippen LogP contribution is 2.13. The highest BCUT2D eigenvalue weighted by molar-refractivity contribution is 6.38. The van der Waals surface area contributed by atoms with Crippen molar-refractivity contribution in [3.05, 3.63) is 137 Å². The molecule has 3 amide bonds. The minimum absolute atomic E-state index is 0.0511. The number of hydrogen-bond acceptors (Lipinski definition) is 6. The zero-order valence-corrected chi connectivity index (χ0v) is 28.5. The first-order valence-electron chi connectivity index (χ1n) is 16.0. The third-order valence-corrected chi connectivity index (χ3v) is 6.96. The Morgan fingerprint density at radius 2 is 1.31 bits per heavy atom. The maximum Gasteiger partial charge on any atom is 0.407 e. The molecular weight excluding hydrogens is 606 g/mol. The summed E-state index contributed by atoms with van der Waals surface area (Å²) in [4.78, 5) is 50.3. The van der Waals surface area contributed by atoms with Crippen LogP contribution in [-0.2, 0) is 38.6 Å². The van der Waals surface area contributed by atoms with E-state index < -0.39 is 36.3 Å². The zero-order chi connectivity index (χ0) is 35.1. The van der Waals surface area contributed by atoms with Crippen LogP contribution in [-0.4, -0.2) is 49.9 Å². The topological polar surface area (TPSA) is 123 Å². The van der Waals surface area contributed by atoms with Gasteiger partial charge in [0.25, 0.3) is 5.91 Å². The van der Waals surface area contributed by atoms with Gasteiger partial charge in [-0.2, -0.15) is 0 Å². The van der Waals surface area contributed by atoms with Crippen molar-refractivity contribution in [1.29, 1.82) is 0 Å². The van der Waals surface area contributed by atoms with Crippen molar-refractivity contribution in [2.75, 3.05) is 20.2 Å². The van der Waals surface area contributed by atoms with Gasteiger partial charge >= 0.3 is 6.09 Å². The van der Waals surface area contributed by atoms with Crippen molar-refractivity contribution in [3.63, 3.8) is 0 Å². The standard InChI is InChI=1S/C30H33N3O6.C7H8.C2H6/c1-21-8-6-7-11-24(21)16-17-31-29(36)28(35)26(18-22-12-14-25(38-2)15-13-22)33-27(34)19-32-30(37)39-20-23-9-4-3-5-10-23;1-7-5-3-2-4-6-7;1-2/h3-15,26H,16-20H2,1-2H3,(H,31,36)(H,32,37)(H,33,34);2-6H,1H3;1-2H3. The lowest BCUT2D eigenvalue weighted by molar-refractivity contribution is -0.140. The van der Waals surface area contributed by atoms with E-state index in [9.17, 15) is 19.2 Å². The molecule has 4 aromatic rings. The number of ketones is 1. The number of aryl methyl sites for hydroxylation is 2. The van der Waals surface area contributed by atoms with E-state index in [1.54, 1.807) is 43.5 Å². The molecule has 4 aromatic carbocycles. The Morgan fingerprint density at radius 3 is 1.90 bits per heavy atom. The predicted octanol–water partition coefficient (Wildman–Crippen LogP) is 5.91. The van der Waals surface area contributed by atoms with Gasteiger partial charge < -0.3 is 25.4 Å². The molecule has 48 heavy (non-hydrogen) atoms. The number of carbonyl (C=O) groups is 4. The number of nitrogens with one attached hydrogen (secondary N) is 3. The lowest BCUT2D eigenvalue weighted by Gasteiger charge is -2.18. The summed E-state index contributed by atoms with van der Waals surface area (Å²) in [7, 11) is 1.54. The Hall–Kier alpha value is -5.44. The van der Waals surface area contributed by atoms with Crippen LogP contribution in [0.1, 0.15) is 41.7 Å². The Labute approximate surface area is 284 Å². The maximum absolute atomic E-state index is 13.0. The molecule has 0 spiro atoms.